The Balaban J connectivity index is 2.33. The second-order valence-electron chi connectivity index (χ2n) is 5.00. The first-order valence-corrected chi connectivity index (χ1v) is 5.85. The molecule has 1 rings (SSSR count). The highest BCUT2D eigenvalue weighted by molar-refractivity contribution is 4.86. The third-order valence-electron chi connectivity index (χ3n) is 3.01. The summed E-state index contributed by atoms with van der Waals surface area (Å²) in [7, 11) is 0. The van der Waals surface area contributed by atoms with E-state index in [1.54, 1.807) is 6.20 Å². The lowest BCUT2D eigenvalue weighted by atomic mass is 9.97. The van der Waals surface area contributed by atoms with Gasteiger partial charge in [0.15, 0.2) is 0 Å². The maximum absolute atomic E-state index is 9.60. The molecule has 0 aliphatic rings. The zero-order valence-corrected chi connectivity index (χ0v) is 10.6. The Morgan fingerprint density at radius 3 is 2.62 bits per heavy atom. The molecule has 4 nitrogen and oxygen atoms in total. The van der Waals surface area contributed by atoms with E-state index in [4.69, 9.17) is 0 Å². The molecule has 0 aliphatic carbocycles. The van der Waals surface area contributed by atoms with Crippen molar-refractivity contribution in [2.75, 3.05) is 0 Å². The first kappa shape index (κ1) is 13.2. The Kier molecular flexibility index (Phi) is 4.50. The highest BCUT2D eigenvalue weighted by Gasteiger charge is 2.25. The minimum Gasteiger partial charge on any atom is -0.392 e. The van der Waals surface area contributed by atoms with Gasteiger partial charge >= 0.3 is 0 Å². The summed E-state index contributed by atoms with van der Waals surface area (Å²) in [6.07, 6.45) is 4.39. The van der Waals surface area contributed by atoms with Gasteiger partial charge in [-0.25, -0.2) is 0 Å². The summed E-state index contributed by atoms with van der Waals surface area (Å²) in [5, 5.41) is 17.2. The van der Waals surface area contributed by atoms with Crippen molar-refractivity contribution in [3.8, 4) is 0 Å². The van der Waals surface area contributed by atoms with Crippen molar-refractivity contribution in [1.82, 2.24) is 15.1 Å². The Morgan fingerprint density at radius 1 is 1.44 bits per heavy atom. The number of hydrogen-bond acceptors (Lipinski definition) is 3. The maximum Gasteiger partial charge on any atom is 0.0688 e. The first-order chi connectivity index (χ1) is 7.42. The average molecular weight is 225 g/mol. The van der Waals surface area contributed by atoms with Crippen molar-refractivity contribution in [2.24, 2.45) is 0 Å². The molecule has 0 spiro atoms. The number of aryl methyl sites for hydroxylation is 1. The molecule has 16 heavy (non-hydrogen) atoms. The highest BCUT2D eigenvalue weighted by Crippen LogP contribution is 2.11. The van der Waals surface area contributed by atoms with Gasteiger partial charge in [0.05, 0.1) is 6.10 Å². The molecular formula is C12H23N3O. The van der Waals surface area contributed by atoms with Gasteiger partial charge in [0.1, 0.15) is 0 Å². The molecule has 4 heteroatoms. The monoisotopic (exact) mass is 225 g/mol. The van der Waals surface area contributed by atoms with Gasteiger partial charge in [-0.3, -0.25) is 4.68 Å². The van der Waals surface area contributed by atoms with Crippen LogP contribution in [0.1, 0.15) is 34.1 Å². The summed E-state index contributed by atoms with van der Waals surface area (Å²) >= 11 is 0. The fraction of sp³-hybridized carbons (Fsp3) is 0.750. The van der Waals surface area contributed by atoms with E-state index in [1.807, 2.05) is 37.7 Å². The predicted octanol–water partition coefficient (Wildman–Crippen LogP) is 1.41. The maximum atomic E-state index is 9.60. The number of nitrogens with zero attached hydrogens (tertiary/aromatic N) is 2. The molecule has 2 unspecified atom stereocenters. The molecule has 2 N–H and O–H groups in total. The van der Waals surface area contributed by atoms with Gasteiger partial charge in [-0.1, -0.05) is 0 Å². The molecule has 0 aliphatic heterocycles. The van der Waals surface area contributed by atoms with Gasteiger partial charge in [0.2, 0.25) is 0 Å². The highest BCUT2D eigenvalue weighted by atomic mass is 16.3. The Morgan fingerprint density at radius 2 is 2.12 bits per heavy atom. The smallest absolute Gasteiger partial charge is 0.0688 e. The Labute approximate surface area is 97.7 Å². The zero-order chi connectivity index (χ0) is 12.2. The van der Waals surface area contributed by atoms with Crippen LogP contribution in [0, 0.1) is 0 Å². The lowest BCUT2D eigenvalue weighted by Gasteiger charge is -2.33. The minimum absolute atomic E-state index is 0.246. The molecule has 0 amide bonds. The molecule has 1 aromatic rings. The van der Waals surface area contributed by atoms with Crippen molar-refractivity contribution < 1.29 is 5.11 Å². The fourth-order valence-corrected chi connectivity index (χ4v) is 1.59. The Hall–Kier alpha value is -0.870. The zero-order valence-electron chi connectivity index (χ0n) is 10.6. The molecular weight excluding hydrogens is 202 g/mol. The number of aliphatic hydroxyl groups is 1. The summed E-state index contributed by atoms with van der Waals surface area (Å²) in [6, 6.07) is 2.28. The third kappa shape index (κ3) is 3.94. The molecule has 1 aromatic heterocycles. The van der Waals surface area contributed by atoms with E-state index < -0.39 is 0 Å². The van der Waals surface area contributed by atoms with Crippen molar-refractivity contribution in [3.63, 3.8) is 0 Å². The van der Waals surface area contributed by atoms with Crippen LogP contribution in [0.2, 0.25) is 0 Å². The van der Waals surface area contributed by atoms with Crippen molar-refractivity contribution >= 4 is 0 Å². The topological polar surface area (TPSA) is 50.1 Å². The summed E-state index contributed by atoms with van der Waals surface area (Å²) in [5.74, 6) is 0. The van der Waals surface area contributed by atoms with Crippen LogP contribution in [0.25, 0.3) is 0 Å². The van der Waals surface area contributed by atoms with E-state index in [2.05, 4.69) is 17.3 Å². The van der Waals surface area contributed by atoms with Gasteiger partial charge in [-0.15, -0.1) is 0 Å². The van der Waals surface area contributed by atoms with E-state index >= 15 is 0 Å². The molecule has 0 aromatic carbocycles. The number of rotatable bonds is 6. The van der Waals surface area contributed by atoms with E-state index in [9.17, 15) is 5.11 Å². The van der Waals surface area contributed by atoms with Crippen LogP contribution in [-0.4, -0.2) is 32.6 Å². The summed E-state index contributed by atoms with van der Waals surface area (Å²) in [4.78, 5) is 0. The fourth-order valence-electron chi connectivity index (χ4n) is 1.59. The minimum atomic E-state index is -0.361. The third-order valence-corrected chi connectivity index (χ3v) is 3.01. The van der Waals surface area contributed by atoms with Crippen LogP contribution in [0.4, 0.5) is 0 Å². The lowest BCUT2D eigenvalue weighted by Crippen LogP contribution is -2.52. The first-order valence-electron chi connectivity index (χ1n) is 5.85. The number of aliphatic hydroxyl groups excluding tert-OH is 1. The molecule has 0 radical (unpaired) electrons. The quantitative estimate of drug-likeness (QED) is 0.769. The van der Waals surface area contributed by atoms with E-state index in [1.165, 1.54) is 0 Å². The number of aromatic nitrogens is 2. The van der Waals surface area contributed by atoms with Gasteiger partial charge in [-0.05, 0) is 40.2 Å². The molecule has 92 valence electrons. The van der Waals surface area contributed by atoms with Gasteiger partial charge in [-0.2, -0.15) is 5.10 Å². The van der Waals surface area contributed by atoms with Gasteiger partial charge in [0, 0.05) is 30.5 Å². The van der Waals surface area contributed by atoms with E-state index in [0.717, 1.165) is 13.0 Å². The standard InChI is InChI=1S/C12H23N3O/c1-10(14-12(3,4)11(2)16)6-9-15-8-5-7-13-15/h5,7-8,10-11,14,16H,6,9H2,1-4H3. The number of nitrogens with one attached hydrogen (secondary N) is 1. The summed E-state index contributed by atoms with van der Waals surface area (Å²) in [5.41, 5.74) is -0.246. The van der Waals surface area contributed by atoms with Crippen molar-refractivity contribution in [1.29, 1.82) is 0 Å². The van der Waals surface area contributed by atoms with Crippen LogP contribution in [-0.2, 0) is 6.54 Å². The number of hydrogen-bond donors (Lipinski definition) is 2. The molecule has 1 heterocycles. The van der Waals surface area contributed by atoms with Crippen LogP contribution >= 0.6 is 0 Å². The summed E-state index contributed by atoms with van der Waals surface area (Å²) in [6.45, 7) is 8.88. The lowest BCUT2D eigenvalue weighted by molar-refractivity contribution is 0.0880. The second kappa shape index (κ2) is 5.46. The van der Waals surface area contributed by atoms with Gasteiger partial charge < -0.3 is 10.4 Å². The molecule has 0 bridgehead atoms. The molecule has 0 fully saturated rings. The molecule has 0 saturated carbocycles. The predicted molar refractivity (Wildman–Crippen MR) is 65.2 cm³/mol. The van der Waals surface area contributed by atoms with Crippen molar-refractivity contribution in [2.45, 2.75) is 58.3 Å². The van der Waals surface area contributed by atoms with Crippen LogP contribution in [0.5, 0.6) is 0 Å². The average Bonchev–Trinajstić information content (AvgIpc) is 2.66. The SMILES string of the molecule is CC(CCn1cccn1)NC(C)(C)C(C)O. The normalized spacial score (nSPS) is 16.1. The summed E-state index contributed by atoms with van der Waals surface area (Å²) < 4.78 is 1.92. The second-order valence-corrected chi connectivity index (χ2v) is 5.00. The largest absolute Gasteiger partial charge is 0.392 e. The molecule has 0 saturated heterocycles. The van der Waals surface area contributed by atoms with Crippen LogP contribution < -0.4 is 5.32 Å². The van der Waals surface area contributed by atoms with Gasteiger partial charge in [0.25, 0.3) is 0 Å². The molecule has 2 atom stereocenters. The van der Waals surface area contributed by atoms with E-state index in [-0.39, 0.29) is 11.6 Å². The van der Waals surface area contributed by atoms with Crippen LogP contribution in [0.3, 0.4) is 0 Å². The van der Waals surface area contributed by atoms with E-state index in [0.29, 0.717) is 6.04 Å². The van der Waals surface area contributed by atoms with Crippen LogP contribution in [0.15, 0.2) is 18.5 Å². The van der Waals surface area contributed by atoms with Crippen molar-refractivity contribution in [3.05, 3.63) is 18.5 Å². The Bertz CT molecular complexity index is 293.